The highest BCUT2D eigenvalue weighted by Gasteiger charge is 2.16. The van der Waals surface area contributed by atoms with Crippen molar-refractivity contribution in [2.45, 2.75) is 13.0 Å². The molecule has 0 bridgehead atoms. The Morgan fingerprint density at radius 1 is 1.50 bits per heavy atom. The predicted molar refractivity (Wildman–Crippen MR) is 49.8 cm³/mol. The number of aliphatic hydroxyl groups is 1. The van der Waals surface area contributed by atoms with Gasteiger partial charge in [0.15, 0.2) is 0 Å². The van der Waals surface area contributed by atoms with Gasteiger partial charge in [0.1, 0.15) is 0 Å². The standard InChI is InChI=1S/C11H12O3/c1-2-14-11(13)8-10(12)9-6-4-3-5-7-9/h3-7,10,12H,2H2,1H3. The molecule has 0 aliphatic heterocycles. The van der Waals surface area contributed by atoms with Crippen molar-refractivity contribution in [3.8, 4) is 0 Å². The van der Waals surface area contributed by atoms with Crippen LogP contribution in [0.1, 0.15) is 18.6 Å². The Kier molecular flexibility index (Phi) is 3.92. The van der Waals surface area contributed by atoms with Crippen LogP contribution in [0.4, 0.5) is 0 Å². The molecule has 14 heavy (non-hydrogen) atoms. The molecule has 0 saturated carbocycles. The summed E-state index contributed by atoms with van der Waals surface area (Å²) in [7, 11) is 0. The van der Waals surface area contributed by atoms with E-state index in [2.05, 4.69) is 10.8 Å². The molecule has 1 aromatic rings. The molecule has 0 aliphatic carbocycles. The Hall–Kier alpha value is -1.57. The molecule has 1 N–H and O–H groups in total. The van der Waals surface area contributed by atoms with Crippen LogP contribution in [0.3, 0.4) is 0 Å². The van der Waals surface area contributed by atoms with E-state index in [9.17, 15) is 10.2 Å². The number of ether oxygens (including phenoxy) is 1. The molecule has 0 aromatic heterocycles. The fourth-order valence-corrected chi connectivity index (χ4v) is 1.00. The lowest BCUT2D eigenvalue weighted by atomic mass is 10.1. The van der Waals surface area contributed by atoms with Gasteiger partial charge in [0.05, 0.1) is 0 Å². The van der Waals surface area contributed by atoms with Gasteiger partial charge >= 0.3 is 12.0 Å². The van der Waals surface area contributed by atoms with Crippen molar-refractivity contribution in [2.75, 3.05) is 6.61 Å². The van der Waals surface area contributed by atoms with Crippen molar-refractivity contribution in [1.29, 1.82) is 0 Å². The van der Waals surface area contributed by atoms with E-state index >= 15 is 0 Å². The van der Waals surface area contributed by atoms with E-state index in [-0.39, 0.29) is 6.61 Å². The number of aliphatic hydroxyl groups excluding tert-OH is 1. The van der Waals surface area contributed by atoms with Crippen LogP contribution in [-0.4, -0.2) is 11.7 Å². The molecule has 0 heterocycles. The molecule has 1 atom stereocenters. The first-order chi connectivity index (χ1) is 6.74. The lowest BCUT2D eigenvalue weighted by Crippen LogP contribution is -2.10. The summed E-state index contributed by atoms with van der Waals surface area (Å²) in [6, 6.07) is 8.84. The third-order valence-corrected chi connectivity index (χ3v) is 1.65. The molecule has 0 spiro atoms. The molecule has 1 unspecified atom stereocenters. The fourth-order valence-electron chi connectivity index (χ4n) is 1.00. The predicted octanol–water partition coefficient (Wildman–Crippen LogP) is 0.761. The van der Waals surface area contributed by atoms with E-state index in [1.165, 1.54) is 0 Å². The number of hydrogen-bond acceptors (Lipinski definition) is 3. The highest BCUT2D eigenvalue weighted by atomic mass is 16.6. The molecule has 0 amide bonds. The molecule has 0 saturated heterocycles. The van der Waals surface area contributed by atoms with Crippen molar-refractivity contribution in [3.05, 3.63) is 47.9 Å². The molecule has 3 nitrogen and oxygen atoms in total. The Balaban J connectivity index is 2.67. The summed E-state index contributed by atoms with van der Waals surface area (Å²) in [4.78, 5) is 0. The largest absolute Gasteiger partial charge is 0.575 e. The summed E-state index contributed by atoms with van der Waals surface area (Å²) in [5.74, 6) is -0.621. The first-order valence-electron chi connectivity index (χ1n) is 4.40. The van der Waals surface area contributed by atoms with Crippen molar-refractivity contribution < 1.29 is 14.9 Å². The zero-order valence-electron chi connectivity index (χ0n) is 7.93. The third kappa shape index (κ3) is 3.05. The fraction of sp³-hybridized carbons (Fsp3) is 0.273. The number of benzene rings is 1. The quantitative estimate of drug-likeness (QED) is 0.566. The smallest absolute Gasteiger partial charge is 0.324 e. The van der Waals surface area contributed by atoms with Crippen LogP contribution in [0.25, 0.3) is 0 Å². The SMILES string of the molecule is CCOC([O-])=[C+]C(O)c1ccccc1. The molecule has 74 valence electrons. The highest BCUT2D eigenvalue weighted by molar-refractivity contribution is 5.19. The topological polar surface area (TPSA) is 52.5 Å². The van der Waals surface area contributed by atoms with Crippen LogP contribution in [0.15, 0.2) is 36.3 Å². The Labute approximate surface area is 83.3 Å². The molecule has 3 heteroatoms. The zero-order valence-corrected chi connectivity index (χ0v) is 7.93. The third-order valence-electron chi connectivity index (χ3n) is 1.65. The Morgan fingerprint density at radius 3 is 2.71 bits per heavy atom. The second-order valence-corrected chi connectivity index (χ2v) is 2.68. The second-order valence-electron chi connectivity index (χ2n) is 2.68. The number of hydrogen-bond donors (Lipinski definition) is 1. The summed E-state index contributed by atoms with van der Waals surface area (Å²) >= 11 is 0. The summed E-state index contributed by atoms with van der Waals surface area (Å²) in [6.45, 7) is 1.99. The lowest BCUT2D eigenvalue weighted by Gasteiger charge is -2.03. The van der Waals surface area contributed by atoms with E-state index in [0.717, 1.165) is 0 Å². The average molecular weight is 192 g/mol. The van der Waals surface area contributed by atoms with Crippen LogP contribution in [0.2, 0.25) is 0 Å². The van der Waals surface area contributed by atoms with Crippen molar-refractivity contribution in [3.63, 3.8) is 0 Å². The van der Waals surface area contributed by atoms with Gasteiger partial charge in [-0.2, -0.15) is 0 Å². The summed E-state index contributed by atoms with van der Waals surface area (Å²) in [5.41, 5.74) is 0.626. The average Bonchev–Trinajstić information content (AvgIpc) is 2.19. The monoisotopic (exact) mass is 192 g/mol. The van der Waals surface area contributed by atoms with Gasteiger partial charge in [-0.3, -0.25) is 0 Å². The van der Waals surface area contributed by atoms with E-state index in [1.54, 1.807) is 31.2 Å². The van der Waals surface area contributed by atoms with E-state index in [0.29, 0.717) is 5.56 Å². The minimum atomic E-state index is -1.02. The maximum atomic E-state index is 10.9. The van der Waals surface area contributed by atoms with Crippen molar-refractivity contribution in [2.24, 2.45) is 0 Å². The maximum absolute atomic E-state index is 10.9. The number of rotatable bonds is 4. The van der Waals surface area contributed by atoms with Gasteiger partial charge < -0.3 is 14.9 Å². The van der Waals surface area contributed by atoms with Gasteiger partial charge in [0, 0.05) is 5.56 Å². The van der Waals surface area contributed by atoms with Gasteiger partial charge in [-0.05, 0) is 6.61 Å². The van der Waals surface area contributed by atoms with Crippen molar-refractivity contribution in [1.82, 2.24) is 0 Å². The highest BCUT2D eigenvalue weighted by Crippen LogP contribution is 2.13. The van der Waals surface area contributed by atoms with Gasteiger partial charge in [-0.25, -0.2) is 0 Å². The Morgan fingerprint density at radius 2 is 2.14 bits per heavy atom. The van der Waals surface area contributed by atoms with Crippen LogP contribution >= 0.6 is 0 Å². The van der Waals surface area contributed by atoms with Crippen LogP contribution in [0.5, 0.6) is 0 Å². The van der Waals surface area contributed by atoms with Crippen LogP contribution in [0, 0.1) is 6.08 Å². The molecule has 0 aliphatic rings. The minimum Gasteiger partial charge on any atom is -0.575 e. The van der Waals surface area contributed by atoms with Gasteiger partial charge in [-0.1, -0.05) is 37.3 Å². The summed E-state index contributed by atoms with van der Waals surface area (Å²) in [5, 5.41) is 20.4. The second kappa shape index (κ2) is 5.22. The van der Waals surface area contributed by atoms with Crippen LogP contribution in [-0.2, 0) is 4.74 Å². The van der Waals surface area contributed by atoms with Gasteiger partial charge in [0.2, 0.25) is 0 Å². The molecule has 1 rings (SSSR count). The molecule has 0 radical (unpaired) electrons. The van der Waals surface area contributed by atoms with Gasteiger partial charge in [0.25, 0.3) is 6.08 Å². The van der Waals surface area contributed by atoms with E-state index < -0.39 is 12.0 Å². The summed E-state index contributed by atoms with van der Waals surface area (Å²) in [6.07, 6.45) is 1.27. The van der Waals surface area contributed by atoms with Crippen LogP contribution < -0.4 is 5.11 Å². The van der Waals surface area contributed by atoms with E-state index in [4.69, 9.17) is 0 Å². The molecular formula is C11H12O3. The molecular weight excluding hydrogens is 180 g/mol. The first kappa shape index (κ1) is 10.5. The Bertz CT molecular complexity index is 293. The lowest BCUT2D eigenvalue weighted by molar-refractivity contribution is -0.359. The minimum absolute atomic E-state index is 0.285. The molecule has 0 fully saturated rings. The van der Waals surface area contributed by atoms with Crippen molar-refractivity contribution >= 4 is 0 Å². The normalized spacial score (nSPS) is 13.1. The van der Waals surface area contributed by atoms with Gasteiger partial charge in [-0.15, -0.1) is 0 Å². The summed E-state index contributed by atoms with van der Waals surface area (Å²) < 4.78 is 4.62. The zero-order chi connectivity index (χ0) is 10.4. The molecule has 1 aromatic carbocycles. The maximum Gasteiger partial charge on any atom is 0.324 e. The van der Waals surface area contributed by atoms with E-state index in [1.807, 2.05) is 6.07 Å². The first-order valence-corrected chi connectivity index (χ1v) is 4.40.